The van der Waals surface area contributed by atoms with Gasteiger partial charge in [0.15, 0.2) is 0 Å². The largest absolute Gasteiger partial charge is 0.464 e. The van der Waals surface area contributed by atoms with Crippen LogP contribution in [0.15, 0.2) is 15.4 Å². The van der Waals surface area contributed by atoms with Crippen molar-refractivity contribution in [1.29, 1.82) is 0 Å². The maximum absolute atomic E-state index is 12.4. The Bertz CT molecular complexity index is 587. The van der Waals surface area contributed by atoms with E-state index in [2.05, 4.69) is 10.0 Å². The molecule has 3 rings (SSSR count). The van der Waals surface area contributed by atoms with E-state index in [0.717, 1.165) is 12.2 Å². The molecule has 0 amide bonds. The number of sulfonamides is 1. The van der Waals surface area contributed by atoms with Crippen LogP contribution in [0, 0.1) is 6.92 Å². The Labute approximate surface area is 130 Å². The van der Waals surface area contributed by atoms with Crippen LogP contribution in [-0.2, 0) is 16.6 Å². The molecule has 1 unspecified atom stereocenters. The van der Waals surface area contributed by atoms with Crippen molar-refractivity contribution in [3.8, 4) is 0 Å². The van der Waals surface area contributed by atoms with E-state index in [1.54, 1.807) is 13.0 Å². The van der Waals surface area contributed by atoms with Crippen LogP contribution in [0.5, 0.6) is 0 Å². The van der Waals surface area contributed by atoms with Crippen molar-refractivity contribution in [1.82, 2.24) is 10.0 Å². The van der Waals surface area contributed by atoms with Gasteiger partial charge in [-0.3, -0.25) is 0 Å². The molecule has 1 atom stereocenters. The van der Waals surface area contributed by atoms with Crippen molar-refractivity contribution in [2.75, 3.05) is 12.3 Å². The SMILES string of the molecule is Cc1oc(CNC2CC2)cc1S(=O)(=O)NCC1CCCS1. The molecule has 118 valence electrons. The molecule has 1 aliphatic carbocycles. The highest BCUT2D eigenvalue weighted by molar-refractivity contribution is 8.00. The predicted molar refractivity (Wildman–Crippen MR) is 84.0 cm³/mol. The number of hydrogen-bond acceptors (Lipinski definition) is 5. The van der Waals surface area contributed by atoms with Gasteiger partial charge in [-0.05, 0) is 38.4 Å². The summed E-state index contributed by atoms with van der Waals surface area (Å²) in [5.41, 5.74) is 0. The van der Waals surface area contributed by atoms with Crippen LogP contribution < -0.4 is 10.0 Å². The van der Waals surface area contributed by atoms with Crippen molar-refractivity contribution in [2.24, 2.45) is 0 Å². The molecule has 1 saturated heterocycles. The number of furan rings is 1. The first kappa shape index (κ1) is 15.4. The smallest absolute Gasteiger partial charge is 0.244 e. The van der Waals surface area contributed by atoms with E-state index in [9.17, 15) is 8.42 Å². The second-order valence-electron chi connectivity index (χ2n) is 5.78. The lowest BCUT2D eigenvalue weighted by Gasteiger charge is -2.10. The number of hydrogen-bond donors (Lipinski definition) is 2. The van der Waals surface area contributed by atoms with E-state index in [1.165, 1.54) is 19.3 Å². The molecular weight excluding hydrogens is 308 g/mol. The van der Waals surface area contributed by atoms with Crippen LogP contribution >= 0.6 is 11.8 Å². The van der Waals surface area contributed by atoms with Gasteiger partial charge in [0.05, 0.1) is 6.54 Å². The Morgan fingerprint density at radius 1 is 1.38 bits per heavy atom. The second-order valence-corrected chi connectivity index (χ2v) is 8.92. The molecule has 1 aliphatic heterocycles. The lowest BCUT2D eigenvalue weighted by atomic mass is 10.2. The molecule has 0 radical (unpaired) electrons. The van der Waals surface area contributed by atoms with Crippen molar-refractivity contribution < 1.29 is 12.8 Å². The first-order valence-corrected chi connectivity index (χ1v) is 10.0. The number of nitrogens with one attached hydrogen (secondary N) is 2. The zero-order valence-electron chi connectivity index (χ0n) is 12.2. The molecule has 0 bridgehead atoms. The topological polar surface area (TPSA) is 71.3 Å². The molecule has 5 nitrogen and oxygen atoms in total. The first-order valence-electron chi connectivity index (χ1n) is 7.48. The fourth-order valence-corrected chi connectivity index (χ4v) is 5.09. The molecule has 2 heterocycles. The van der Waals surface area contributed by atoms with Gasteiger partial charge in [-0.1, -0.05) is 0 Å². The van der Waals surface area contributed by atoms with E-state index in [0.29, 0.717) is 35.9 Å². The molecule has 7 heteroatoms. The highest BCUT2D eigenvalue weighted by Crippen LogP contribution is 2.26. The van der Waals surface area contributed by atoms with E-state index < -0.39 is 10.0 Å². The van der Waals surface area contributed by atoms with Gasteiger partial charge in [0.25, 0.3) is 0 Å². The third-order valence-electron chi connectivity index (χ3n) is 3.88. The lowest BCUT2D eigenvalue weighted by molar-refractivity contribution is 0.456. The van der Waals surface area contributed by atoms with E-state index in [4.69, 9.17) is 4.42 Å². The maximum Gasteiger partial charge on any atom is 0.244 e. The van der Waals surface area contributed by atoms with Crippen molar-refractivity contribution in [3.63, 3.8) is 0 Å². The molecule has 2 N–H and O–H groups in total. The third-order valence-corrected chi connectivity index (χ3v) is 6.81. The Hall–Kier alpha value is -0.500. The summed E-state index contributed by atoms with van der Waals surface area (Å²) < 4.78 is 33.0. The standard InChI is InChI=1S/C14H22N2O3S2/c1-10-14(7-12(19-10)8-15-11-4-5-11)21(17,18)16-9-13-3-2-6-20-13/h7,11,13,15-16H,2-6,8-9H2,1H3. The Morgan fingerprint density at radius 3 is 2.86 bits per heavy atom. The van der Waals surface area contributed by atoms with E-state index in [-0.39, 0.29) is 4.90 Å². The Balaban J connectivity index is 1.62. The number of rotatable bonds is 7. The third kappa shape index (κ3) is 4.03. The average molecular weight is 330 g/mol. The zero-order chi connectivity index (χ0) is 14.9. The number of thioether (sulfide) groups is 1. The van der Waals surface area contributed by atoms with Crippen LogP contribution in [0.25, 0.3) is 0 Å². The van der Waals surface area contributed by atoms with Crippen LogP contribution in [0.1, 0.15) is 37.2 Å². The minimum atomic E-state index is -3.47. The van der Waals surface area contributed by atoms with Gasteiger partial charge in [-0.2, -0.15) is 11.8 Å². The van der Waals surface area contributed by atoms with E-state index in [1.807, 2.05) is 11.8 Å². The molecule has 0 spiro atoms. The van der Waals surface area contributed by atoms with Crippen LogP contribution in [0.3, 0.4) is 0 Å². The lowest BCUT2D eigenvalue weighted by Crippen LogP contribution is -2.30. The van der Waals surface area contributed by atoms with Gasteiger partial charge in [0, 0.05) is 23.9 Å². The maximum atomic E-state index is 12.4. The summed E-state index contributed by atoms with van der Waals surface area (Å²) in [6.07, 6.45) is 4.67. The molecule has 2 aliphatic rings. The van der Waals surface area contributed by atoms with Crippen molar-refractivity contribution >= 4 is 21.8 Å². The summed E-state index contributed by atoms with van der Waals surface area (Å²) in [5, 5.41) is 3.73. The van der Waals surface area contributed by atoms with Crippen LogP contribution in [0.2, 0.25) is 0 Å². The van der Waals surface area contributed by atoms with Gasteiger partial charge in [-0.15, -0.1) is 0 Å². The first-order chi connectivity index (χ1) is 10.0. The summed E-state index contributed by atoms with van der Waals surface area (Å²) in [7, 11) is -3.47. The monoisotopic (exact) mass is 330 g/mol. The van der Waals surface area contributed by atoms with Crippen LogP contribution in [0.4, 0.5) is 0 Å². The fourth-order valence-electron chi connectivity index (χ4n) is 2.50. The second kappa shape index (κ2) is 6.32. The molecule has 1 aromatic rings. The molecule has 1 saturated carbocycles. The van der Waals surface area contributed by atoms with E-state index >= 15 is 0 Å². The molecular formula is C14H22N2O3S2. The summed E-state index contributed by atoms with van der Waals surface area (Å²) in [6.45, 7) is 2.81. The van der Waals surface area contributed by atoms with Gasteiger partial charge >= 0.3 is 0 Å². The Kier molecular flexibility index (Phi) is 4.63. The quantitative estimate of drug-likeness (QED) is 0.800. The summed E-state index contributed by atoms with van der Waals surface area (Å²) >= 11 is 1.85. The molecule has 2 fully saturated rings. The van der Waals surface area contributed by atoms with Gasteiger partial charge in [-0.25, -0.2) is 13.1 Å². The minimum absolute atomic E-state index is 0.276. The predicted octanol–water partition coefficient (Wildman–Crippen LogP) is 2.01. The average Bonchev–Trinajstić information content (AvgIpc) is 2.97. The summed E-state index contributed by atoms with van der Waals surface area (Å²) in [5.74, 6) is 2.29. The van der Waals surface area contributed by atoms with Gasteiger partial charge in [0.1, 0.15) is 16.4 Å². The normalized spacial score (nSPS) is 22.8. The van der Waals surface area contributed by atoms with Crippen LogP contribution in [-0.4, -0.2) is 32.0 Å². The highest BCUT2D eigenvalue weighted by Gasteiger charge is 2.25. The summed E-state index contributed by atoms with van der Waals surface area (Å²) in [4.78, 5) is 0.276. The number of aryl methyl sites for hydroxylation is 1. The van der Waals surface area contributed by atoms with Crippen molar-refractivity contribution in [3.05, 3.63) is 17.6 Å². The molecule has 21 heavy (non-hydrogen) atoms. The highest BCUT2D eigenvalue weighted by atomic mass is 32.2. The summed E-state index contributed by atoms with van der Waals surface area (Å²) in [6, 6.07) is 2.22. The zero-order valence-corrected chi connectivity index (χ0v) is 13.9. The Morgan fingerprint density at radius 2 is 2.19 bits per heavy atom. The minimum Gasteiger partial charge on any atom is -0.464 e. The molecule has 0 aromatic carbocycles. The van der Waals surface area contributed by atoms with Crippen molar-refractivity contribution in [2.45, 2.75) is 55.3 Å². The van der Waals surface area contributed by atoms with Gasteiger partial charge in [0.2, 0.25) is 10.0 Å². The fraction of sp³-hybridized carbons (Fsp3) is 0.714. The van der Waals surface area contributed by atoms with Gasteiger partial charge < -0.3 is 9.73 Å². The molecule has 1 aromatic heterocycles.